The van der Waals surface area contributed by atoms with E-state index in [4.69, 9.17) is 25.8 Å². The number of piperidine rings is 1. The van der Waals surface area contributed by atoms with E-state index in [0.29, 0.717) is 48.6 Å². The van der Waals surface area contributed by atoms with Crippen LogP contribution in [-0.2, 0) is 6.54 Å². The van der Waals surface area contributed by atoms with Crippen LogP contribution in [0.5, 0.6) is 5.75 Å². The maximum absolute atomic E-state index is 13.9. The topological polar surface area (TPSA) is 144 Å². The largest absolute Gasteiger partial charge is 0.494 e. The number of methoxy groups -OCH3 is 1. The quantitative estimate of drug-likeness (QED) is 0.250. The number of nitrogens with one attached hydrogen (secondary N) is 1. The molecule has 234 valence electrons. The smallest absolute Gasteiger partial charge is 0.254 e. The van der Waals surface area contributed by atoms with E-state index < -0.39 is 0 Å². The van der Waals surface area contributed by atoms with Crippen LogP contribution in [0.25, 0.3) is 33.6 Å². The number of nitrogens with zero attached hydrogens (tertiary/aromatic N) is 8. The summed E-state index contributed by atoms with van der Waals surface area (Å²) in [7, 11) is 1.66. The molecule has 2 bridgehead atoms. The van der Waals surface area contributed by atoms with Crippen molar-refractivity contribution < 1.29 is 9.53 Å². The van der Waals surface area contributed by atoms with Gasteiger partial charge in [-0.1, -0.05) is 0 Å². The Kier molecular flexibility index (Phi) is 6.18. The Morgan fingerprint density at radius 3 is 2.67 bits per heavy atom. The molecule has 0 radical (unpaired) electrons. The van der Waals surface area contributed by atoms with Crippen molar-refractivity contribution in [1.29, 1.82) is 5.41 Å². The van der Waals surface area contributed by atoms with Gasteiger partial charge in [0.05, 0.1) is 30.6 Å². The Bertz CT molecular complexity index is 2020. The number of aromatic nitrogens is 6. The maximum Gasteiger partial charge on any atom is 0.254 e. The molecular formula is C34H36N10O2. The molecule has 46 heavy (non-hydrogen) atoms. The Balaban J connectivity index is 1.18. The average Bonchev–Trinajstić information content (AvgIpc) is 3.41. The predicted octanol–water partition coefficient (Wildman–Crippen LogP) is 3.88. The molecule has 4 aliphatic rings. The third-order valence-corrected chi connectivity index (χ3v) is 10.5. The predicted molar refractivity (Wildman–Crippen MR) is 174 cm³/mol. The fraction of sp³-hybridized carbons (Fsp3) is 0.412. The van der Waals surface area contributed by atoms with Crippen molar-refractivity contribution in [3.8, 4) is 17.3 Å². The minimum absolute atomic E-state index is 0.00780. The van der Waals surface area contributed by atoms with E-state index in [1.54, 1.807) is 13.3 Å². The molecule has 0 spiro atoms. The Morgan fingerprint density at radius 1 is 1.07 bits per heavy atom. The summed E-state index contributed by atoms with van der Waals surface area (Å²) in [6.07, 6.45) is 9.20. The summed E-state index contributed by atoms with van der Waals surface area (Å²) in [6, 6.07) is 12.2. The molecule has 12 heteroatoms. The van der Waals surface area contributed by atoms with Crippen molar-refractivity contribution in [2.75, 3.05) is 31.6 Å². The first kappa shape index (κ1) is 27.5. The van der Waals surface area contributed by atoms with E-state index in [0.717, 1.165) is 58.8 Å². The number of rotatable bonds is 8. The van der Waals surface area contributed by atoms with Crippen molar-refractivity contribution in [3.63, 3.8) is 0 Å². The Labute approximate surface area is 265 Å². The number of anilines is 1. The Hall–Kier alpha value is -4.84. The lowest BCUT2D eigenvalue weighted by Gasteiger charge is -2.41. The Morgan fingerprint density at radius 2 is 1.93 bits per heavy atom. The van der Waals surface area contributed by atoms with Gasteiger partial charge in [-0.2, -0.15) is 0 Å². The summed E-state index contributed by atoms with van der Waals surface area (Å²) < 4.78 is 10.7. The molecule has 9 rings (SSSR count). The van der Waals surface area contributed by atoms with Gasteiger partial charge in [-0.3, -0.25) is 4.79 Å². The normalized spacial score (nSPS) is 22.6. The number of hydrogen-bond donors (Lipinski definition) is 2. The van der Waals surface area contributed by atoms with Gasteiger partial charge in [-0.15, -0.1) is 0 Å². The second kappa shape index (κ2) is 10.3. The number of benzene rings is 1. The monoisotopic (exact) mass is 616 g/mol. The maximum atomic E-state index is 13.9. The second-order valence-corrected chi connectivity index (χ2v) is 13.3. The van der Waals surface area contributed by atoms with Crippen LogP contribution in [0.3, 0.4) is 0 Å². The first-order valence-corrected chi connectivity index (χ1v) is 16.2. The highest BCUT2D eigenvalue weighted by molar-refractivity contribution is 6.00. The van der Waals surface area contributed by atoms with Gasteiger partial charge in [0.25, 0.3) is 5.91 Å². The molecule has 2 aliphatic carbocycles. The summed E-state index contributed by atoms with van der Waals surface area (Å²) >= 11 is 0. The number of likely N-dealkylation sites (tertiary alicyclic amines) is 1. The van der Waals surface area contributed by atoms with Gasteiger partial charge in [-0.05, 0) is 73.9 Å². The molecule has 4 fully saturated rings. The fourth-order valence-corrected chi connectivity index (χ4v) is 7.89. The number of amides is 1. The van der Waals surface area contributed by atoms with Crippen LogP contribution in [0.1, 0.15) is 47.9 Å². The number of carbonyl (C=O) groups excluding carboxylic acids is 1. The van der Waals surface area contributed by atoms with Crippen molar-refractivity contribution in [2.45, 2.75) is 50.4 Å². The average molecular weight is 617 g/mol. The van der Waals surface area contributed by atoms with Gasteiger partial charge < -0.3 is 34.8 Å². The highest BCUT2D eigenvalue weighted by atomic mass is 16.5. The lowest BCUT2D eigenvalue weighted by Crippen LogP contribution is -2.48. The van der Waals surface area contributed by atoms with E-state index in [1.807, 2.05) is 35.4 Å². The molecule has 6 heterocycles. The van der Waals surface area contributed by atoms with Crippen LogP contribution < -0.4 is 15.4 Å². The number of fused-ring (bicyclic) bond motifs is 4. The molecule has 12 nitrogen and oxygen atoms in total. The molecule has 2 saturated heterocycles. The summed E-state index contributed by atoms with van der Waals surface area (Å²) in [4.78, 5) is 36.9. The standard InChI is InChI=1S/C34H36N10O2/c1-46-27-13-22(34(45)43-16-21-6-7-25(43)30(21)36)11-24-31(27)44(23-17-41(18-23)29-8-10-37-28(14-35)40-29)33(39-24)26-12-20-3-2-9-38-32(20)42(26)15-19-4-5-19/h2-3,8-14,19,21,23,25,30,35H,4-7,15-18,36H2,1H3/t21?,25?,30-/m1/s1. The molecule has 2 saturated carbocycles. The molecule has 3 N–H and O–H groups in total. The zero-order valence-corrected chi connectivity index (χ0v) is 25.7. The van der Waals surface area contributed by atoms with Gasteiger partial charge in [0.1, 0.15) is 22.7 Å². The summed E-state index contributed by atoms with van der Waals surface area (Å²) in [5.74, 6) is 3.65. The second-order valence-electron chi connectivity index (χ2n) is 13.3. The molecule has 3 atom stereocenters. The summed E-state index contributed by atoms with van der Waals surface area (Å²) in [5.41, 5.74) is 10.6. The molecule has 5 aromatic rings. The van der Waals surface area contributed by atoms with Crippen LogP contribution in [0.4, 0.5) is 5.82 Å². The van der Waals surface area contributed by atoms with Crippen molar-refractivity contribution >= 4 is 40.0 Å². The fourth-order valence-electron chi connectivity index (χ4n) is 7.89. The number of hydrogen-bond acceptors (Lipinski definition) is 9. The molecule has 2 unspecified atom stereocenters. The molecule has 4 aromatic heterocycles. The summed E-state index contributed by atoms with van der Waals surface area (Å²) in [6.45, 7) is 3.00. The SMILES string of the molecule is COc1cc(C(=O)N2CC3CCC2[C@@H]3N)cc2nc(-c3cc4cccnc4n3CC3CC3)n(C3CN(c4ccnc(C=N)n4)C3)c12. The number of pyridine rings is 1. The highest BCUT2D eigenvalue weighted by Gasteiger charge is 2.47. The lowest BCUT2D eigenvalue weighted by atomic mass is 10.1. The number of imidazole rings is 1. The highest BCUT2D eigenvalue weighted by Crippen LogP contribution is 2.42. The van der Waals surface area contributed by atoms with Crippen LogP contribution in [-0.4, -0.2) is 84.9 Å². The van der Waals surface area contributed by atoms with E-state index in [2.05, 4.69) is 36.1 Å². The van der Waals surface area contributed by atoms with Crippen molar-refractivity contribution in [3.05, 3.63) is 60.2 Å². The molecule has 2 aliphatic heterocycles. The van der Waals surface area contributed by atoms with E-state index >= 15 is 0 Å². The third-order valence-electron chi connectivity index (χ3n) is 10.5. The van der Waals surface area contributed by atoms with Gasteiger partial charge in [-0.25, -0.2) is 19.9 Å². The first-order chi connectivity index (χ1) is 22.5. The first-order valence-electron chi connectivity index (χ1n) is 16.2. The minimum Gasteiger partial charge on any atom is -0.494 e. The van der Waals surface area contributed by atoms with Crippen molar-refractivity contribution in [1.82, 2.24) is 34.0 Å². The zero-order valence-electron chi connectivity index (χ0n) is 25.7. The number of nitrogens with two attached hydrogens (primary N) is 1. The van der Waals surface area contributed by atoms with Gasteiger partial charge >= 0.3 is 0 Å². The molecule has 1 aromatic carbocycles. The lowest BCUT2D eigenvalue weighted by molar-refractivity contribution is 0.0700. The van der Waals surface area contributed by atoms with E-state index in [1.165, 1.54) is 19.1 Å². The number of carbonyl (C=O) groups is 1. The molecular weight excluding hydrogens is 580 g/mol. The van der Waals surface area contributed by atoms with E-state index in [-0.39, 0.29) is 24.0 Å². The van der Waals surface area contributed by atoms with E-state index in [9.17, 15) is 4.79 Å². The zero-order chi connectivity index (χ0) is 31.1. The van der Waals surface area contributed by atoms with Gasteiger partial charge in [0, 0.05) is 61.6 Å². The third kappa shape index (κ3) is 4.23. The van der Waals surface area contributed by atoms with Gasteiger partial charge in [0.15, 0.2) is 11.6 Å². The van der Waals surface area contributed by atoms with Crippen molar-refractivity contribution in [2.24, 2.45) is 17.6 Å². The van der Waals surface area contributed by atoms with Crippen LogP contribution in [0.2, 0.25) is 0 Å². The van der Waals surface area contributed by atoms with Crippen LogP contribution >= 0.6 is 0 Å². The minimum atomic E-state index is -0.00780. The summed E-state index contributed by atoms with van der Waals surface area (Å²) in [5, 5.41) is 8.67. The number of ether oxygens (including phenoxy) is 1. The van der Waals surface area contributed by atoms with Crippen LogP contribution in [0, 0.1) is 17.2 Å². The molecule has 1 amide bonds. The van der Waals surface area contributed by atoms with Gasteiger partial charge in [0.2, 0.25) is 0 Å². The van der Waals surface area contributed by atoms with Crippen LogP contribution in [0.15, 0.2) is 48.8 Å².